The highest BCUT2D eigenvalue weighted by atomic mass is 16.1. The summed E-state index contributed by atoms with van der Waals surface area (Å²) in [4.78, 5) is 19.2. The van der Waals surface area contributed by atoms with Crippen molar-refractivity contribution in [3.05, 3.63) is 101 Å². The number of carbonyl (C=O) groups excluding carboxylic acids is 1. The zero-order chi connectivity index (χ0) is 21.5. The van der Waals surface area contributed by atoms with Gasteiger partial charge in [0.05, 0.1) is 0 Å². The molecule has 4 rings (SSSR count). The summed E-state index contributed by atoms with van der Waals surface area (Å²) in [6, 6.07) is 25.3. The minimum atomic E-state index is 0.144. The number of hydrogen-bond acceptors (Lipinski definition) is 3. The van der Waals surface area contributed by atoms with Crippen molar-refractivity contribution in [1.29, 1.82) is 0 Å². The van der Waals surface area contributed by atoms with Gasteiger partial charge in [0.15, 0.2) is 5.78 Å². The zero-order valence-electron chi connectivity index (χ0n) is 18.5. The van der Waals surface area contributed by atoms with E-state index in [9.17, 15) is 4.79 Å². The summed E-state index contributed by atoms with van der Waals surface area (Å²) in [6.45, 7) is 5.00. The first kappa shape index (κ1) is 21.5. The van der Waals surface area contributed by atoms with Gasteiger partial charge in [0.2, 0.25) is 0 Å². The topological polar surface area (TPSA) is 33.2 Å². The number of rotatable bonds is 8. The Morgan fingerprint density at radius 2 is 1.61 bits per heavy atom. The molecular weight excluding hydrogens is 380 g/mol. The van der Waals surface area contributed by atoms with Gasteiger partial charge in [-0.05, 0) is 62.0 Å². The first-order valence-corrected chi connectivity index (χ1v) is 11.5. The van der Waals surface area contributed by atoms with Crippen molar-refractivity contribution in [1.82, 2.24) is 9.88 Å². The summed E-state index contributed by atoms with van der Waals surface area (Å²) >= 11 is 0. The molecule has 1 aromatic heterocycles. The molecule has 0 amide bonds. The average molecular weight is 413 g/mol. The number of carbonyl (C=O) groups is 1. The van der Waals surface area contributed by atoms with E-state index in [1.807, 2.05) is 31.3 Å². The van der Waals surface area contributed by atoms with Crippen LogP contribution in [0.3, 0.4) is 0 Å². The Hall–Kier alpha value is -2.78. The monoisotopic (exact) mass is 412 g/mol. The van der Waals surface area contributed by atoms with Crippen molar-refractivity contribution in [3.63, 3.8) is 0 Å². The Morgan fingerprint density at radius 1 is 0.903 bits per heavy atom. The van der Waals surface area contributed by atoms with Crippen molar-refractivity contribution in [2.24, 2.45) is 0 Å². The average Bonchev–Trinajstić information content (AvgIpc) is 2.85. The van der Waals surface area contributed by atoms with Crippen LogP contribution in [-0.4, -0.2) is 28.8 Å². The predicted octanol–water partition coefficient (Wildman–Crippen LogP) is 5.84. The predicted molar refractivity (Wildman–Crippen MR) is 126 cm³/mol. The molecule has 3 heteroatoms. The van der Waals surface area contributed by atoms with Gasteiger partial charge in [0.1, 0.15) is 0 Å². The second-order valence-electron chi connectivity index (χ2n) is 8.73. The van der Waals surface area contributed by atoms with Crippen molar-refractivity contribution in [2.45, 2.75) is 51.0 Å². The number of Topliss-reactive ketones (excluding diaryl/α,β-unsaturated/α-hetero) is 1. The molecule has 2 aromatic carbocycles. The largest absolute Gasteiger partial charge is 0.299 e. The van der Waals surface area contributed by atoms with Gasteiger partial charge in [-0.1, -0.05) is 67.6 Å². The fraction of sp³-hybridized carbons (Fsp3) is 0.357. The van der Waals surface area contributed by atoms with Crippen LogP contribution in [0.4, 0.5) is 0 Å². The molecule has 0 bridgehead atoms. The van der Waals surface area contributed by atoms with Crippen LogP contribution >= 0.6 is 0 Å². The van der Waals surface area contributed by atoms with Crippen LogP contribution in [0, 0.1) is 0 Å². The van der Waals surface area contributed by atoms with E-state index in [0.29, 0.717) is 6.42 Å². The van der Waals surface area contributed by atoms with Gasteiger partial charge in [0.25, 0.3) is 0 Å². The van der Waals surface area contributed by atoms with Gasteiger partial charge in [0, 0.05) is 35.8 Å². The maximum Gasteiger partial charge on any atom is 0.162 e. The van der Waals surface area contributed by atoms with E-state index >= 15 is 0 Å². The third kappa shape index (κ3) is 5.29. The van der Waals surface area contributed by atoms with Crippen molar-refractivity contribution >= 4 is 5.78 Å². The van der Waals surface area contributed by atoms with E-state index in [-0.39, 0.29) is 11.2 Å². The highest BCUT2D eigenvalue weighted by molar-refractivity contribution is 5.95. The van der Waals surface area contributed by atoms with Crippen LogP contribution in [0.1, 0.15) is 59.8 Å². The molecule has 0 aliphatic carbocycles. The lowest BCUT2D eigenvalue weighted by Gasteiger charge is -2.42. The highest BCUT2D eigenvalue weighted by Gasteiger charge is 2.36. The van der Waals surface area contributed by atoms with Crippen LogP contribution in [0.5, 0.6) is 0 Å². The molecule has 1 aliphatic heterocycles. The van der Waals surface area contributed by atoms with E-state index in [0.717, 1.165) is 50.9 Å². The zero-order valence-corrected chi connectivity index (χ0v) is 18.5. The molecule has 0 saturated carbocycles. The van der Waals surface area contributed by atoms with E-state index in [1.165, 1.54) is 16.8 Å². The number of ketones is 1. The minimum Gasteiger partial charge on any atom is -0.299 e. The molecule has 1 saturated heterocycles. The maximum absolute atomic E-state index is 11.9. The Bertz CT molecular complexity index is 959. The number of aryl methyl sites for hydroxylation is 1. The van der Waals surface area contributed by atoms with Crippen LogP contribution in [0.2, 0.25) is 0 Å². The number of hydrogen-bond donors (Lipinski definition) is 0. The third-order valence-corrected chi connectivity index (χ3v) is 6.76. The summed E-state index contributed by atoms with van der Waals surface area (Å²) < 4.78 is 0. The van der Waals surface area contributed by atoms with E-state index in [4.69, 9.17) is 4.98 Å². The SMILES string of the molecule is CCC(=O)c1ccc(CN2CCC(CCc3ccccc3)(c3ccccn3)CC2)cc1. The van der Waals surface area contributed by atoms with Crippen LogP contribution < -0.4 is 0 Å². The van der Waals surface area contributed by atoms with Gasteiger partial charge in [-0.25, -0.2) is 0 Å². The quantitative estimate of drug-likeness (QED) is 0.436. The van der Waals surface area contributed by atoms with Crippen LogP contribution in [0.15, 0.2) is 79.0 Å². The fourth-order valence-corrected chi connectivity index (χ4v) is 4.74. The molecule has 31 heavy (non-hydrogen) atoms. The molecule has 3 aromatic rings. The number of likely N-dealkylation sites (tertiary alicyclic amines) is 1. The molecule has 0 atom stereocenters. The highest BCUT2D eigenvalue weighted by Crippen LogP contribution is 2.39. The molecule has 1 aliphatic rings. The number of piperidine rings is 1. The van der Waals surface area contributed by atoms with Crippen molar-refractivity contribution < 1.29 is 4.79 Å². The molecule has 0 radical (unpaired) electrons. The lowest BCUT2D eigenvalue weighted by Crippen LogP contribution is -2.43. The first-order valence-electron chi connectivity index (χ1n) is 11.5. The molecule has 2 heterocycles. The lowest BCUT2D eigenvalue weighted by atomic mass is 9.71. The third-order valence-electron chi connectivity index (χ3n) is 6.76. The van der Waals surface area contributed by atoms with E-state index in [2.05, 4.69) is 59.5 Å². The molecule has 3 nitrogen and oxygen atoms in total. The second-order valence-corrected chi connectivity index (χ2v) is 8.73. The Kier molecular flexibility index (Phi) is 6.93. The summed E-state index contributed by atoms with van der Waals surface area (Å²) in [6.07, 6.45) is 6.97. The smallest absolute Gasteiger partial charge is 0.162 e. The Morgan fingerprint density at radius 3 is 2.26 bits per heavy atom. The van der Waals surface area contributed by atoms with Crippen molar-refractivity contribution in [3.8, 4) is 0 Å². The van der Waals surface area contributed by atoms with Gasteiger partial charge < -0.3 is 0 Å². The summed E-state index contributed by atoms with van der Waals surface area (Å²) in [5.41, 5.74) is 4.89. The van der Waals surface area contributed by atoms with Gasteiger partial charge >= 0.3 is 0 Å². The Labute approximate surface area is 186 Å². The minimum absolute atomic E-state index is 0.144. The summed E-state index contributed by atoms with van der Waals surface area (Å²) in [5.74, 6) is 0.211. The standard InChI is InChI=1S/C28H32N2O/c1-2-26(31)25-13-11-24(12-14-25)22-30-20-17-28(18-21-30,27-10-6-7-19-29-27)16-15-23-8-4-3-5-9-23/h3-14,19H,2,15-18,20-22H2,1H3. The van der Waals surface area contributed by atoms with E-state index < -0.39 is 0 Å². The Balaban J connectivity index is 1.42. The normalized spacial score (nSPS) is 16.2. The van der Waals surface area contributed by atoms with Gasteiger partial charge in [-0.15, -0.1) is 0 Å². The maximum atomic E-state index is 11.9. The number of pyridine rings is 1. The van der Waals surface area contributed by atoms with Gasteiger partial charge in [-0.3, -0.25) is 14.7 Å². The summed E-state index contributed by atoms with van der Waals surface area (Å²) in [5, 5.41) is 0. The second kappa shape index (κ2) is 10.0. The number of aromatic nitrogens is 1. The first-order chi connectivity index (χ1) is 15.2. The van der Waals surface area contributed by atoms with Crippen LogP contribution in [0.25, 0.3) is 0 Å². The number of nitrogens with zero attached hydrogens (tertiary/aromatic N) is 2. The fourth-order valence-electron chi connectivity index (χ4n) is 4.74. The lowest BCUT2D eigenvalue weighted by molar-refractivity contribution is 0.0988. The summed E-state index contributed by atoms with van der Waals surface area (Å²) in [7, 11) is 0. The molecule has 0 unspecified atom stereocenters. The molecule has 1 fully saturated rings. The number of benzene rings is 2. The van der Waals surface area contributed by atoms with E-state index in [1.54, 1.807) is 0 Å². The van der Waals surface area contributed by atoms with Crippen LogP contribution in [-0.2, 0) is 18.4 Å². The van der Waals surface area contributed by atoms with Gasteiger partial charge in [-0.2, -0.15) is 0 Å². The molecule has 0 spiro atoms. The molecule has 160 valence electrons. The van der Waals surface area contributed by atoms with Crippen molar-refractivity contribution in [2.75, 3.05) is 13.1 Å². The molecule has 0 N–H and O–H groups in total. The molecular formula is C28H32N2O.